The molecule has 0 aromatic heterocycles. The summed E-state index contributed by atoms with van der Waals surface area (Å²) >= 11 is 0. The molecule has 0 spiro atoms. The predicted octanol–water partition coefficient (Wildman–Crippen LogP) is 3.08. The first-order valence-electron chi connectivity index (χ1n) is 9.13. The molecule has 2 aromatic carbocycles. The van der Waals surface area contributed by atoms with Gasteiger partial charge in [0.05, 0.1) is 6.54 Å². The van der Waals surface area contributed by atoms with Gasteiger partial charge < -0.3 is 21.3 Å². The van der Waals surface area contributed by atoms with Crippen LogP contribution in [0.2, 0.25) is 0 Å². The molecule has 0 saturated carbocycles. The molecule has 0 aliphatic rings. The summed E-state index contributed by atoms with van der Waals surface area (Å²) in [5, 5.41) is 11.2. The molecule has 2 rings (SSSR count). The minimum Gasteiger partial charge on any atom is -0.376 e. The standard InChI is InChI=1S/C21H26N4O3/c1-14(2)11-19(26)24-17-9-7-16(8-10-17)23-13-20(27)25-18-6-4-5-15(12-18)21(28)22-3/h4-10,12,14,23H,11,13H2,1-3H3,(H,22,28)(H,24,26)(H,25,27). The Morgan fingerprint density at radius 3 is 2.14 bits per heavy atom. The molecule has 28 heavy (non-hydrogen) atoms. The van der Waals surface area contributed by atoms with E-state index in [1.165, 1.54) is 0 Å². The van der Waals surface area contributed by atoms with E-state index >= 15 is 0 Å². The Hall–Kier alpha value is -3.35. The van der Waals surface area contributed by atoms with Crippen LogP contribution in [0.5, 0.6) is 0 Å². The van der Waals surface area contributed by atoms with Crippen LogP contribution in [0.4, 0.5) is 17.1 Å². The molecule has 0 aliphatic carbocycles. The van der Waals surface area contributed by atoms with Crippen LogP contribution in [0.1, 0.15) is 30.6 Å². The highest BCUT2D eigenvalue weighted by molar-refractivity contribution is 5.98. The Balaban J connectivity index is 1.84. The second-order valence-corrected chi connectivity index (χ2v) is 6.79. The van der Waals surface area contributed by atoms with Crippen molar-refractivity contribution in [2.75, 3.05) is 29.5 Å². The maximum atomic E-state index is 12.1. The first-order chi connectivity index (χ1) is 13.4. The first kappa shape index (κ1) is 21.0. The summed E-state index contributed by atoms with van der Waals surface area (Å²) in [5.74, 6) is -0.163. The highest BCUT2D eigenvalue weighted by Crippen LogP contribution is 2.15. The van der Waals surface area contributed by atoms with Crippen LogP contribution < -0.4 is 21.3 Å². The van der Waals surface area contributed by atoms with Crippen molar-refractivity contribution in [2.24, 2.45) is 5.92 Å². The summed E-state index contributed by atoms with van der Waals surface area (Å²) in [5.41, 5.74) is 2.50. The van der Waals surface area contributed by atoms with Crippen LogP contribution in [-0.2, 0) is 9.59 Å². The zero-order chi connectivity index (χ0) is 20.5. The van der Waals surface area contributed by atoms with Crippen molar-refractivity contribution in [2.45, 2.75) is 20.3 Å². The number of amides is 3. The van der Waals surface area contributed by atoms with E-state index < -0.39 is 0 Å². The Labute approximate surface area is 164 Å². The third-order valence-corrected chi connectivity index (χ3v) is 3.85. The lowest BCUT2D eigenvalue weighted by Crippen LogP contribution is -2.22. The van der Waals surface area contributed by atoms with Gasteiger partial charge in [-0.3, -0.25) is 14.4 Å². The lowest BCUT2D eigenvalue weighted by Gasteiger charge is -2.10. The molecule has 148 valence electrons. The van der Waals surface area contributed by atoms with Gasteiger partial charge in [0.1, 0.15) is 0 Å². The quantitative estimate of drug-likeness (QED) is 0.564. The topological polar surface area (TPSA) is 99.3 Å². The van der Waals surface area contributed by atoms with E-state index in [4.69, 9.17) is 0 Å². The molecule has 4 N–H and O–H groups in total. The predicted molar refractivity (Wildman–Crippen MR) is 111 cm³/mol. The Morgan fingerprint density at radius 1 is 0.857 bits per heavy atom. The van der Waals surface area contributed by atoms with Crippen molar-refractivity contribution in [3.63, 3.8) is 0 Å². The van der Waals surface area contributed by atoms with Gasteiger partial charge in [-0.1, -0.05) is 19.9 Å². The lowest BCUT2D eigenvalue weighted by molar-refractivity contribution is -0.117. The van der Waals surface area contributed by atoms with Gasteiger partial charge in [-0.05, 0) is 48.4 Å². The first-order valence-corrected chi connectivity index (χ1v) is 9.13. The van der Waals surface area contributed by atoms with Crippen molar-refractivity contribution in [1.82, 2.24) is 5.32 Å². The molecule has 0 saturated heterocycles. The van der Waals surface area contributed by atoms with Crippen LogP contribution >= 0.6 is 0 Å². The average Bonchev–Trinajstić information content (AvgIpc) is 2.66. The van der Waals surface area contributed by atoms with Crippen LogP contribution in [0.25, 0.3) is 0 Å². The molecule has 0 atom stereocenters. The fraction of sp³-hybridized carbons (Fsp3) is 0.286. The van der Waals surface area contributed by atoms with E-state index in [0.717, 1.165) is 5.69 Å². The molecule has 3 amide bonds. The number of benzene rings is 2. The van der Waals surface area contributed by atoms with E-state index in [1.54, 1.807) is 55.6 Å². The van der Waals surface area contributed by atoms with Gasteiger partial charge in [-0.2, -0.15) is 0 Å². The maximum Gasteiger partial charge on any atom is 0.251 e. The molecular formula is C21H26N4O3. The van der Waals surface area contributed by atoms with Gasteiger partial charge in [0.15, 0.2) is 0 Å². The Bertz CT molecular complexity index is 832. The van der Waals surface area contributed by atoms with E-state index in [-0.39, 0.29) is 24.3 Å². The summed E-state index contributed by atoms with van der Waals surface area (Å²) in [7, 11) is 1.55. The highest BCUT2D eigenvalue weighted by Gasteiger charge is 2.07. The largest absolute Gasteiger partial charge is 0.376 e. The molecule has 0 aliphatic heterocycles. The second-order valence-electron chi connectivity index (χ2n) is 6.79. The molecule has 0 unspecified atom stereocenters. The number of nitrogens with one attached hydrogen (secondary N) is 4. The van der Waals surface area contributed by atoms with Crippen LogP contribution in [0.15, 0.2) is 48.5 Å². The number of hydrogen-bond acceptors (Lipinski definition) is 4. The van der Waals surface area contributed by atoms with E-state index in [9.17, 15) is 14.4 Å². The number of carbonyl (C=O) groups is 3. The number of anilines is 3. The average molecular weight is 382 g/mol. The van der Waals surface area contributed by atoms with Crippen molar-refractivity contribution in [3.05, 3.63) is 54.1 Å². The number of hydrogen-bond donors (Lipinski definition) is 4. The third kappa shape index (κ3) is 6.75. The smallest absolute Gasteiger partial charge is 0.251 e. The van der Waals surface area contributed by atoms with Gasteiger partial charge in [0.25, 0.3) is 5.91 Å². The lowest BCUT2D eigenvalue weighted by atomic mass is 10.1. The van der Waals surface area contributed by atoms with Crippen LogP contribution in [-0.4, -0.2) is 31.3 Å². The molecule has 0 radical (unpaired) electrons. The van der Waals surface area contributed by atoms with E-state index in [0.29, 0.717) is 29.3 Å². The molecule has 0 fully saturated rings. The minimum atomic E-state index is -0.233. The number of carbonyl (C=O) groups excluding carboxylic acids is 3. The van der Waals surface area contributed by atoms with Gasteiger partial charge in [-0.25, -0.2) is 0 Å². The van der Waals surface area contributed by atoms with E-state index in [1.807, 2.05) is 13.8 Å². The monoisotopic (exact) mass is 382 g/mol. The summed E-state index contributed by atoms with van der Waals surface area (Å²) < 4.78 is 0. The summed E-state index contributed by atoms with van der Waals surface area (Å²) in [4.78, 5) is 35.5. The third-order valence-electron chi connectivity index (χ3n) is 3.85. The Morgan fingerprint density at radius 2 is 1.50 bits per heavy atom. The van der Waals surface area contributed by atoms with Gasteiger partial charge >= 0.3 is 0 Å². The highest BCUT2D eigenvalue weighted by atomic mass is 16.2. The SMILES string of the molecule is CNC(=O)c1cccc(NC(=O)CNc2ccc(NC(=O)CC(C)C)cc2)c1. The van der Waals surface area contributed by atoms with Crippen molar-refractivity contribution >= 4 is 34.8 Å². The molecule has 7 heteroatoms. The van der Waals surface area contributed by atoms with Crippen LogP contribution in [0.3, 0.4) is 0 Å². The summed E-state index contributed by atoms with van der Waals surface area (Å²) in [6, 6.07) is 13.9. The van der Waals surface area contributed by atoms with Gasteiger partial charge in [0.2, 0.25) is 11.8 Å². The summed E-state index contributed by atoms with van der Waals surface area (Å²) in [6.07, 6.45) is 0.474. The second kappa shape index (κ2) is 10.1. The van der Waals surface area contributed by atoms with Crippen molar-refractivity contribution in [1.29, 1.82) is 0 Å². The van der Waals surface area contributed by atoms with Crippen LogP contribution in [0, 0.1) is 5.92 Å². The number of rotatable bonds is 8. The Kier molecular flexibility index (Phi) is 7.56. The molecule has 7 nitrogen and oxygen atoms in total. The summed E-state index contributed by atoms with van der Waals surface area (Å²) in [6.45, 7) is 4.06. The van der Waals surface area contributed by atoms with E-state index in [2.05, 4.69) is 21.3 Å². The zero-order valence-corrected chi connectivity index (χ0v) is 16.3. The normalized spacial score (nSPS) is 10.3. The van der Waals surface area contributed by atoms with Crippen molar-refractivity contribution in [3.8, 4) is 0 Å². The fourth-order valence-electron chi connectivity index (χ4n) is 2.52. The zero-order valence-electron chi connectivity index (χ0n) is 16.3. The maximum absolute atomic E-state index is 12.1. The minimum absolute atomic E-state index is 0.0194. The molecule has 0 bridgehead atoms. The van der Waals surface area contributed by atoms with Gasteiger partial charge in [0, 0.05) is 36.1 Å². The fourth-order valence-corrected chi connectivity index (χ4v) is 2.52. The van der Waals surface area contributed by atoms with Crippen molar-refractivity contribution < 1.29 is 14.4 Å². The molecule has 0 heterocycles. The van der Waals surface area contributed by atoms with Gasteiger partial charge in [-0.15, -0.1) is 0 Å². The molecular weight excluding hydrogens is 356 g/mol. The molecule has 2 aromatic rings.